The molecule has 6 heteroatoms. The third-order valence-electron chi connectivity index (χ3n) is 4.83. The van der Waals surface area contributed by atoms with Gasteiger partial charge in [-0.1, -0.05) is 26.2 Å². The molecule has 2 fully saturated rings. The van der Waals surface area contributed by atoms with Gasteiger partial charge < -0.3 is 15.7 Å². The Morgan fingerprint density at radius 3 is 2.62 bits per heavy atom. The first-order valence-corrected chi connectivity index (χ1v) is 9.10. The van der Waals surface area contributed by atoms with Crippen LogP contribution in [0, 0.1) is 5.92 Å². The molecule has 5 nitrogen and oxygen atoms in total. The highest BCUT2D eigenvalue weighted by molar-refractivity contribution is 7.99. The third-order valence-corrected chi connectivity index (χ3v) is 6.00. The minimum absolute atomic E-state index is 0.159. The maximum Gasteiger partial charge on any atom is 0.329 e. The van der Waals surface area contributed by atoms with Crippen LogP contribution in [0.3, 0.4) is 0 Å². The topological polar surface area (TPSA) is 78.4 Å². The number of amides is 2. The Labute approximate surface area is 130 Å². The van der Waals surface area contributed by atoms with Gasteiger partial charge in [-0.05, 0) is 37.9 Å². The molecule has 0 heterocycles. The molecule has 2 rings (SSSR count). The van der Waals surface area contributed by atoms with Crippen LogP contribution in [-0.4, -0.2) is 40.2 Å². The highest BCUT2D eigenvalue weighted by atomic mass is 32.2. The molecule has 2 amide bonds. The maximum absolute atomic E-state index is 12.3. The van der Waals surface area contributed by atoms with E-state index in [4.69, 9.17) is 0 Å². The second kappa shape index (κ2) is 6.90. The molecule has 0 radical (unpaired) electrons. The number of carboxylic acid groups (broad SMARTS) is 1. The van der Waals surface area contributed by atoms with Crippen LogP contribution in [-0.2, 0) is 4.79 Å². The molecule has 2 saturated carbocycles. The predicted molar refractivity (Wildman–Crippen MR) is 84.6 cm³/mol. The summed E-state index contributed by atoms with van der Waals surface area (Å²) >= 11 is 1.78. The normalized spacial score (nSPS) is 36.2. The van der Waals surface area contributed by atoms with Crippen LogP contribution in [0.15, 0.2) is 0 Å². The lowest BCUT2D eigenvalue weighted by Crippen LogP contribution is -2.60. The molecule has 0 aliphatic heterocycles. The number of carboxylic acids is 1. The summed E-state index contributed by atoms with van der Waals surface area (Å²) < 4.78 is 0. The maximum atomic E-state index is 12.3. The minimum Gasteiger partial charge on any atom is -0.480 e. The zero-order valence-electron chi connectivity index (χ0n) is 12.9. The molecule has 0 spiro atoms. The van der Waals surface area contributed by atoms with E-state index in [0.29, 0.717) is 24.0 Å². The Kier molecular flexibility index (Phi) is 5.41. The van der Waals surface area contributed by atoms with Crippen molar-refractivity contribution in [3.05, 3.63) is 0 Å². The fraction of sp³-hybridized carbons (Fsp3) is 0.867. The van der Waals surface area contributed by atoms with Crippen molar-refractivity contribution in [3.8, 4) is 0 Å². The summed E-state index contributed by atoms with van der Waals surface area (Å²) in [5, 5.41) is 15.8. The molecule has 0 aromatic rings. The van der Waals surface area contributed by atoms with Gasteiger partial charge in [-0.15, -0.1) is 0 Å². The molecule has 4 unspecified atom stereocenters. The van der Waals surface area contributed by atoms with Gasteiger partial charge in [0.1, 0.15) is 5.54 Å². The number of carbonyl (C=O) groups excluding carboxylic acids is 1. The molecule has 0 aromatic carbocycles. The van der Waals surface area contributed by atoms with Gasteiger partial charge in [0.15, 0.2) is 0 Å². The number of carbonyl (C=O) groups is 2. The Bertz CT molecular complexity index is 404. The fourth-order valence-electron chi connectivity index (χ4n) is 3.71. The molecule has 0 aromatic heterocycles. The van der Waals surface area contributed by atoms with Crippen LogP contribution >= 0.6 is 11.8 Å². The van der Waals surface area contributed by atoms with E-state index in [9.17, 15) is 14.7 Å². The first-order chi connectivity index (χ1) is 9.97. The van der Waals surface area contributed by atoms with Crippen LogP contribution in [0.5, 0.6) is 0 Å². The molecular formula is C15H26N2O3S. The van der Waals surface area contributed by atoms with Crippen LogP contribution < -0.4 is 10.6 Å². The van der Waals surface area contributed by atoms with Gasteiger partial charge in [-0.3, -0.25) is 0 Å². The van der Waals surface area contributed by atoms with E-state index in [-0.39, 0.29) is 12.1 Å². The summed E-state index contributed by atoms with van der Waals surface area (Å²) in [6.45, 7) is 2.05. The summed E-state index contributed by atoms with van der Waals surface area (Å²) in [5.74, 6) is -0.572. The summed E-state index contributed by atoms with van der Waals surface area (Å²) in [6, 6.07) is -0.163. The van der Waals surface area contributed by atoms with E-state index < -0.39 is 11.5 Å². The van der Waals surface area contributed by atoms with E-state index in [2.05, 4.69) is 23.8 Å². The van der Waals surface area contributed by atoms with Crippen molar-refractivity contribution >= 4 is 23.8 Å². The molecule has 21 heavy (non-hydrogen) atoms. The smallest absolute Gasteiger partial charge is 0.329 e. The molecular weight excluding hydrogens is 288 g/mol. The van der Waals surface area contributed by atoms with Crippen LogP contribution in [0.4, 0.5) is 4.79 Å². The van der Waals surface area contributed by atoms with Crippen LogP contribution in [0.25, 0.3) is 0 Å². The quantitative estimate of drug-likeness (QED) is 0.745. The molecule has 0 saturated heterocycles. The highest BCUT2D eigenvalue weighted by Gasteiger charge is 2.43. The first-order valence-electron chi connectivity index (χ1n) is 7.82. The number of hydrogen-bond donors (Lipinski definition) is 3. The van der Waals surface area contributed by atoms with Crippen molar-refractivity contribution in [1.82, 2.24) is 10.6 Å². The van der Waals surface area contributed by atoms with Gasteiger partial charge in [0.25, 0.3) is 0 Å². The molecule has 3 N–H and O–H groups in total. The molecule has 2 aliphatic carbocycles. The van der Waals surface area contributed by atoms with E-state index in [0.717, 1.165) is 32.1 Å². The Morgan fingerprint density at radius 1 is 1.24 bits per heavy atom. The fourth-order valence-corrected chi connectivity index (χ4v) is 4.64. The SMILES string of the molecule is CSC1CCCC1NC(=O)NC1(C(=O)O)CCCC(C)C1. The van der Waals surface area contributed by atoms with Crippen molar-refractivity contribution in [3.63, 3.8) is 0 Å². The first kappa shape index (κ1) is 16.5. The Hall–Kier alpha value is -0.910. The van der Waals surface area contributed by atoms with E-state index in [1.54, 1.807) is 11.8 Å². The van der Waals surface area contributed by atoms with E-state index in [1.165, 1.54) is 0 Å². The lowest BCUT2D eigenvalue weighted by Gasteiger charge is -2.37. The van der Waals surface area contributed by atoms with Crippen molar-refractivity contribution < 1.29 is 14.7 Å². The summed E-state index contributed by atoms with van der Waals surface area (Å²) in [6.07, 6.45) is 8.22. The molecule has 4 atom stereocenters. The zero-order chi connectivity index (χ0) is 15.5. The number of urea groups is 1. The summed E-state index contributed by atoms with van der Waals surface area (Å²) in [4.78, 5) is 23.9. The molecule has 0 bridgehead atoms. The lowest BCUT2D eigenvalue weighted by molar-refractivity contribution is -0.146. The number of nitrogens with one attached hydrogen (secondary N) is 2. The summed E-state index contributed by atoms with van der Waals surface area (Å²) in [7, 11) is 0. The monoisotopic (exact) mass is 314 g/mol. The van der Waals surface area contributed by atoms with Crippen molar-refractivity contribution in [2.75, 3.05) is 6.26 Å². The number of aliphatic carboxylic acids is 1. The Morgan fingerprint density at radius 2 is 2.00 bits per heavy atom. The van der Waals surface area contributed by atoms with Gasteiger partial charge >= 0.3 is 12.0 Å². The van der Waals surface area contributed by atoms with Crippen molar-refractivity contribution in [1.29, 1.82) is 0 Å². The second-order valence-electron chi connectivity index (χ2n) is 6.50. The summed E-state index contributed by atoms with van der Waals surface area (Å²) in [5.41, 5.74) is -1.09. The van der Waals surface area contributed by atoms with Gasteiger partial charge in [0.05, 0.1) is 0 Å². The van der Waals surface area contributed by atoms with Crippen LogP contribution in [0.2, 0.25) is 0 Å². The predicted octanol–water partition coefficient (Wildman–Crippen LogP) is 2.60. The standard InChI is InChI=1S/C15H26N2O3S/c1-10-5-4-8-15(9-10,13(18)19)17-14(20)16-11-6-3-7-12(11)21-2/h10-12H,3-9H2,1-2H3,(H,18,19)(H2,16,17,20). The molecule has 120 valence electrons. The van der Waals surface area contributed by atoms with E-state index >= 15 is 0 Å². The van der Waals surface area contributed by atoms with Gasteiger partial charge in [0, 0.05) is 11.3 Å². The van der Waals surface area contributed by atoms with Gasteiger partial charge in [-0.2, -0.15) is 11.8 Å². The minimum atomic E-state index is -1.09. The number of thioether (sulfide) groups is 1. The van der Waals surface area contributed by atoms with E-state index in [1.807, 2.05) is 0 Å². The Balaban J connectivity index is 1.97. The second-order valence-corrected chi connectivity index (χ2v) is 7.58. The van der Waals surface area contributed by atoms with Crippen molar-refractivity contribution in [2.45, 2.75) is 68.7 Å². The van der Waals surface area contributed by atoms with Gasteiger partial charge in [0.2, 0.25) is 0 Å². The average molecular weight is 314 g/mol. The van der Waals surface area contributed by atoms with Crippen LogP contribution in [0.1, 0.15) is 51.9 Å². The largest absolute Gasteiger partial charge is 0.480 e. The van der Waals surface area contributed by atoms with Gasteiger partial charge in [-0.25, -0.2) is 9.59 Å². The number of rotatable bonds is 4. The zero-order valence-corrected chi connectivity index (χ0v) is 13.7. The molecule has 2 aliphatic rings. The lowest BCUT2D eigenvalue weighted by atomic mass is 9.76. The third kappa shape index (κ3) is 3.84. The highest BCUT2D eigenvalue weighted by Crippen LogP contribution is 2.33. The van der Waals surface area contributed by atoms with Crippen molar-refractivity contribution in [2.24, 2.45) is 5.92 Å². The number of hydrogen-bond acceptors (Lipinski definition) is 3. The average Bonchev–Trinajstić information content (AvgIpc) is 2.85.